The zero-order valence-corrected chi connectivity index (χ0v) is 12.3. The van der Waals surface area contributed by atoms with Gasteiger partial charge in [-0.1, -0.05) is 0 Å². The Morgan fingerprint density at radius 1 is 1.26 bits per heavy atom. The molecule has 1 aromatic heterocycles. The van der Waals surface area contributed by atoms with E-state index in [-0.39, 0.29) is 4.88 Å². The van der Waals surface area contributed by atoms with E-state index < -0.39 is 30.8 Å². The SMILES string of the molecule is CC1(C)OB(c2csc(C(F)(F)CN)c2)OC1(C)C. The third kappa shape index (κ3) is 2.56. The van der Waals surface area contributed by atoms with Crippen LogP contribution in [0.2, 0.25) is 0 Å². The van der Waals surface area contributed by atoms with Crippen molar-refractivity contribution in [2.24, 2.45) is 5.73 Å². The molecule has 106 valence electrons. The summed E-state index contributed by atoms with van der Waals surface area (Å²) in [6.45, 7) is 7.00. The van der Waals surface area contributed by atoms with Crippen LogP contribution in [0.25, 0.3) is 0 Å². The molecular formula is C12H18BF2NO2S. The largest absolute Gasteiger partial charge is 0.495 e. The van der Waals surface area contributed by atoms with Crippen molar-refractivity contribution in [1.29, 1.82) is 0 Å². The minimum Gasteiger partial charge on any atom is -0.399 e. The highest BCUT2D eigenvalue weighted by atomic mass is 32.1. The molecule has 0 bridgehead atoms. The molecule has 2 heterocycles. The normalized spacial score (nSPS) is 21.9. The van der Waals surface area contributed by atoms with Crippen LogP contribution in [0.4, 0.5) is 8.78 Å². The topological polar surface area (TPSA) is 44.5 Å². The third-order valence-electron chi connectivity index (χ3n) is 3.76. The minimum atomic E-state index is -2.99. The average Bonchev–Trinajstić information content (AvgIpc) is 2.83. The van der Waals surface area contributed by atoms with Crippen LogP contribution in [0, 0.1) is 0 Å². The van der Waals surface area contributed by atoms with E-state index in [1.54, 1.807) is 5.38 Å². The lowest BCUT2D eigenvalue weighted by atomic mass is 9.81. The van der Waals surface area contributed by atoms with Gasteiger partial charge in [-0.2, -0.15) is 8.78 Å². The summed E-state index contributed by atoms with van der Waals surface area (Å²) in [6.07, 6.45) is 0. The summed E-state index contributed by atoms with van der Waals surface area (Å²) in [5.74, 6) is -2.99. The van der Waals surface area contributed by atoms with Crippen molar-refractivity contribution in [3.8, 4) is 0 Å². The van der Waals surface area contributed by atoms with E-state index in [4.69, 9.17) is 15.0 Å². The molecule has 1 aliphatic rings. The average molecular weight is 289 g/mol. The first-order chi connectivity index (χ1) is 8.59. The Balaban J connectivity index is 2.22. The van der Waals surface area contributed by atoms with Crippen LogP contribution in [-0.4, -0.2) is 24.9 Å². The zero-order valence-electron chi connectivity index (χ0n) is 11.5. The Morgan fingerprint density at radius 2 is 1.79 bits per heavy atom. The van der Waals surface area contributed by atoms with Gasteiger partial charge >= 0.3 is 7.12 Å². The highest BCUT2D eigenvalue weighted by molar-refractivity contribution is 7.11. The fourth-order valence-electron chi connectivity index (χ4n) is 1.75. The number of hydrogen-bond acceptors (Lipinski definition) is 4. The van der Waals surface area contributed by atoms with Crippen LogP contribution in [0.5, 0.6) is 0 Å². The molecule has 1 aromatic rings. The maximum atomic E-state index is 13.5. The summed E-state index contributed by atoms with van der Waals surface area (Å²) >= 11 is 0.978. The van der Waals surface area contributed by atoms with E-state index in [0.29, 0.717) is 5.46 Å². The zero-order chi connectivity index (χ0) is 14.5. The number of rotatable bonds is 3. The van der Waals surface area contributed by atoms with Gasteiger partial charge in [0, 0.05) is 0 Å². The van der Waals surface area contributed by atoms with Crippen LogP contribution in [0.3, 0.4) is 0 Å². The maximum Gasteiger partial charge on any atom is 0.495 e. The van der Waals surface area contributed by atoms with E-state index in [1.165, 1.54) is 6.07 Å². The molecule has 1 saturated heterocycles. The number of nitrogens with two attached hydrogens (primary N) is 1. The summed E-state index contributed by atoms with van der Waals surface area (Å²) in [6, 6.07) is 1.42. The van der Waals surface area contributed by atoms with Gasteiger partial charge in [0.15, 0.2) is 0 Å². The summed E-state index contributed by atoms with van der Waals surface area (Å²) in [5, 5.41) is 1.64. The molecule has 0 atom stereocenters. The minimum absolute atomic E-state index is 0.0558. The molecule has 1 aliphatic heterocycles. The lowest BCUT2D eigenvalue weighted by molar-refractivity contribution is 0.00578. The first-order valence-electron chi connectivity index (χ1n) is 6.11. The smallest absolute Gasteiger partial charge is 0.399 e. The molecule has 0 spiro atoms. The van der Waals surface area contributed by atoms with Gasteiger partial charge in [0.25, 0.3) is 5.92 Å². The molecule has 0 saturated carbocycles. The molecule has 3 nitrogen and oxygen atoms in total. The second-order valence-corrected chi connectivity index (χ2v) is 6.65. The van der Waals surface area contributed by atoms with Crippen molar-refractivity contribution in [2.75, 3.05) is 6.54 Å². The number of thiophene rings is 1. The van der Waals surface area contributed by atoms with Gasteiger partial charge in [-0.3, -0.25) is 0 Å². The molecule has 0 unspecified atom stereocenters. The molecule has 0 aliphatic carbocycles. The fourth-order valence-corrected chi connectivity index (χ4v) is 2.65. The van der Waals surface area contributed by atoms with Crippen LogP contribution >= 0.6 is 11.3 Å². The number of hydrogen-bond donors (Lipinski definition) is 1. The Labute approximate surface area is 116 Å². The van der Waals surface area contributed by atoms with Gasteiger partial charge in [0.1, 0.15) is 0 Å². The molecule has 2 rings (SSSR count). The summed E-state index contributed by atoms with van der Waals surface area (Å²) in [7, 11) is -0.608. The van der Waals surface area contributed by atoms with E-state index in [9.17, 15) is 8.78 Å². The molecule has 7 heteroatoms. The molecule has 0 aromatic carbocycles. The quantitative estimate of drug-likeness (QED) is 0.867. The van der Waals surface area contributed by atoms with Gasteiger partial charge in [-0.05, 0) is 44.6 Å². The van der Waals surface area contributed by atoms with Crippen molar-refractivity contribution >= 4 is 23.9 Å². The van der Waals surface area contributed by atoms with Gasteiger partial charge in [0.2, 0.25) is 0 Å². The van der Waals surface area contributed by atoms with Crippen molar-refractivity contribution < 1.29 is 18.1 Å². The lowest BCUT2D eigenvalue weighted by Gasteiger charge is -2.32. The predicted molar refractivity (Wildman–Crippen MR) is 73.0 cm³/mol. The van der Waals surface area contributed by atoms with Crippen LogP contribution < -0.4 is 11.2 Å². The summed E-state index contributed by atoms with van der Waals surface area (Å²) in [4.78, 5) is -0.0558. The van der Waals surface area contributed by atoms with E-state index in [0.717, 1.165) is 11.3 Å². The molecule has 19 heavy (non-hydrogen) atoms. The molecular weight excluding hydrogens is 271 g/mol. The van der Waals surface area contributed by atoms with Gasteiger partial charge in [0.05, 0.1) is 22.6 Å². The van der Waals surface area contributed by atoms with Gasteiger partial charge in [-0.25, -0.2) is 0 Å². The standard InChI is InChI=1S/C12H18BF2NO2S/c1-10(2)11(3,4)18-13(17-10)8-5-9(19-6-8)12(14,15)7-16/h5-6H,7,16H2,1-4H3. The Kier molecular flexibility index (Phi) is 3.54. The Hall–Kier alpha value is -0.495. The second kappa shape index (κ2) is 4.51. The predicted octanol–water partition coefficient (Wildman–Crippen LogP) is 2.10. The highest BCUT2D eigenvalue weighted by Crippen LogP contribution is 2.37. The molecule has 0 amide bonds. The highest BCUT2D eigenvalue weighted by Gasteiger charge is 2.52. The van der Waals surface area contributed by atoms with Gasteiger partial charge in [-0.15, -0.1) is 11.3 Å². The second-order valence-electron chi connectivity index (χ2n) is 5.74. The van der Waals surface area contributed by atoms with E-state index >= 15 is 0 Å². The Bertz CT molecular complexity index is 460. The number of halogens is 2. The summed E-state index contributed by atoms with van der Waals surface area (Å²) in [5.41, 5.74) is 4.75. The number of alkyl halides is 2. The van der Waals surface area contributed by atoms with Crippen molar-refractivity contribution in [1.82, 2.24) is 0 Å². The van der Waals surface area contributed by atoms with Crippen LogP contribution in [0.1, 0.15) is 32.6 Å². The van der Waals surface area contributed by atoms with Crippen molar-refractivity contribution in [3.05, 3.63) is 16.3 Å². The molecule has 2 N–H and O–H groups in total. The summed E-state index contributed by atoms with van der Waals surface area (Å²) < 4.78 is 38.6. The van der Waals surface area contributed by atoms with Gasteiger partial charge < -0.3 is 15.0 Å². The fraction of sp³-hybridized carbons (Fsp3) is 0.667. The van der Waals surface area contributed by atoms with Crippen LogP contribution in [0.15, 0.2) is 11.4 Å². The molecule has 0 radical (unpaired) electrons. The van der Waals surface area contributed by atoms with Crippen molar-refractivity contribution in [2.45, 2.75) is 44.8 Å². The first kappa shape index (κ1) is 14.9. The lowest BCUT2D eigenvalue weighted by Crippen LogP contribution is -2.41. The maximum absolute atomic E-state index is 13.5. The Morgan fingerprint density at radius 3 is 2.26 bits per heavy atom. The van der Waals surface area contributed by atoms with E-state index in [1.807, 2.05) is 27.7 Å². The first-order valence-corrected chi connectivity index (χ1v) is 6.99. The van der Waals surface area contributed by atoms with E-state index in [2.05, 4.69) is 0 Å². The third-order valence-corrected chi connectivity index (χ3v) is 4.82. The monoisotopic (exact) mass is 289 g/mol. The molecule has 1 fully saturated rings. The van der Waals surface area contributed by atoms with Crippen molar-refractivity contribution in [3.63, 3.8) is 0 Å². The van der Waals surface area contributed by atoms with Crippen LogP contribution in [-0.2, 0) is 15.2 Å².